The van der Waals surface area contributed by atoms with Gasteiger partial charge in [0.1, 0.15) is 0 Å². The highest BCUT2D eigenvalue weighted by Gasteiger charge is 2.17. The zero-order valence-electron chi connectivity index (χ0n) is 9.58. The van der Waals surface area contributed by atoms with Gasteiger partial charge in [0, 0.05) is 13.1 Å². The fraction of sp³-hybridized carbons (Fsp3) is 0.417. The van der Waals surface area contributed by atoms with Gasteiger partial charge in [-0.15, -0.1) is 0 Å². The quantitative estimate of drug-likeness (QED) is 0.810. The molecule has 1 heterocycles. The van der Waals surface area contributed by atoms with Crippen molar-refractivity contribution in [3.8, 4) is 0 Å². The molecular formula is C12H16ClN3O. The van der Waals surface area contributed by atoms with Crippen LogP contribution in [-0.4, -0.2) is 30.4 Å². The predicted molar refractivity (Wildman–Crippen MR) is 70.2 cm³/mol. The summed E-state index contributed by atoms with van der Waals surface area (Å²) in [6.45, 7) is 2.00. The Morgan fingerprint density at radius 3 is 2.82 bits per heavy atom. The molecule has 1 amide bonds. The fourth-order valence-electron chi connectivity index (χ4n) is 1.94. The Bertz CT molecular complexity index is 416. The van der Waals surface area contributed by atoms with E-state index in [-0.39, 0.29) is 12.5 Å². The number of carbonyl (C=O) groups excluding carboxylic acids is 1. The highest BCUT2D eigenvalue weighted by molar-refractivity contribution is 6.33. The van der Waals surface area contributed by atoms with Crippen LogP contribution in [0.1, 0.15) is 12.8 Å². The number of nitrogens with one attached hydrogen (secondary N) is 1. The number of nitrogen functional groups attached to an aromatic ring is 1. The van der Waals surface area contributed by atoms with Gasteiger partial charge >= 0.3 is 0 Å². The van der Waals surface area contributed by atoms with Crippen LogP contribution in [-0.2, 0) is 4.79 Å². The van der Waals surface area contributed by atoms with Gasteiger partial charge in [-0.1, -0.05) is 17.7 Å². The van der Waals surface area contributed by atoms with Crippen molar-refractivity contribution in [2.24, 2.45) is 0 Å². The number of rotatable bonds is 3. The number of anilines is 2. The first-order valence-electron chi connectivity index (χ1n) is 5.74. The maximum Gasteiger partial charge on any atom is 0.241 e. The lowest BCUT2D eigenvalue weighted by Crippen LogP contribution is -2.33. The molecule has 1 saturated heterocycles. The third-order valence-electron chi connectivity index (χ3n) is 2.94. The summed E-state index contributed by atoms with van der Waals surface area (Å²) >= 11 is 5.90. The molecule has 1 fully saturated rings. The second-order valence-corrected chi connectivity index (χ2v) is 4.55. The minimum atomic E-state index is 0.113. The van der Waals surface area contributed by atoms with Gasteiger partial charge in [0.15, 0.2) is 0 Å². The molecule has 1 aliphatic rings. The molecule has 2 rings (SSSR count). The highest BCUT2D eigenvalue weighted by atomic mass is 35.5. The number of nitrogens with two attached hydrogens (primary N) is 1. The van der Waals surface area contributed by atoms with Crippen LogP contribution in [0.2, 0.25) is 5.02 Å². The smallest absolute Gasteiger partial charge is 0.241 e. The van der Waals surface area contributed by atoms with Gasteiger partial charge in [-0.3, -0.25) is 4.79 Å². The number of likely N-dealkylation sites (tertiary alicyclic amines) is 1. The van der Waals surface area contributed by atoms with Crippen molar-refractivity contribution >= 4 is 28.9 Å². The summed E-state index contributed by atoms with van der Waals surface area (Å²) in [5, 5.41) is 3.53. The van der Waals surface area contributed by atoms with Crippen molar-refractivity contribution in [2.75, 3.05) is 30.7 Å². The number of para-hydroxylation sites is 1. The molecule has 0 bridgehead atoms. The molecule has 4 nitrogen and oxygen atoms in total. The van der Waals surface area contributed by atoms with Crippen LogP contribution in [0.5, 0.6) is 0 Å². The first kappa shape index (κ1) is 12.0. The van der Waals surface area contributed by atoms with Crippen molar-refractivity contribution in [3.05, 3.63) is 23.2 Å². The largest absolute Gasteiger partial charge is 0.396 e. The number of halogens is 1. The molecule has 0 spiro atoms. The number of nitrogens with zero attached hydrogens (tertiary/aromatic N) is 1. The van der Waals surface area contributed by atoms with E-state index in [4.69, 9.17) is 17.3 Å². The molecule has 0 saturated carbocycles. The summed E-state index contributed by atoms with van der Waals surface area (Å²) in [6, 6.07) is 5.35. The zero-order chi connectivity index (χ0) is 12.3. The van der Waals surface area contributed by atoms with E-state index in [2.05, 4.69) is 5.32 Å². The molecule has 0 aromatic heterocycles. The molecule has 3 N–H and O–H groups in total. The molecule has 5 heteroatoms. The van der Waals surface area contributed by atoms with Crippen LogP contribution in [0.25, 0.3) is 0 Å². The molecular weight excluding hydrogens is 238 g/mol. The number of hydrogen-bond acceptors (Lipinski definition) is 3. The van der Waals surface area contributed by atoms with E-state index < -0.39 is 0 Å². The summed E-state index contributed by atoms with van der Waals surface area (Å²) in [5.74, 6) is 0.113. The maximum absolute atomic E-state index is 11.8. The molecule has 1 aromatic rings. The van der Waals surface area contributed by atoms with Crippen molar-refractivity contribution in [1.29, 1.82) is 0 Å². The van der Waals surface area contributed by atoms with E-state index in [1.54, 1.807) is 12.1 Å². The molecule has 0 aliphatic carbocycles. The highest BCUT2D eigenvalue weighted by Crippen LogP contribution is 2.26. The predicted octanol–water partition coefficient (Wildman–Crippen LogP) is 1.96. The number of benzene rings is 1. The average molecular weight is 254 g/mol. The Labute approximate surface area is 106 Å². The lowest BCUT2D eigenvalue weighted by Gasteiger charge is -2.16. The van der Waals surface area contributed by atoms with Gasteiger partial charge in [0.2, 0.25) is 5.91 Å². The van der Waals surface area contributed by atoms with Crippen molar-refractivity contribution < 1.29 is 4.79 Å². The van der Waals surface area contributed by atoms with Crippen LogP contribution in [0.4, 0.5) is 11.4 Å². The monoisotopic (exact) mass is 253 g/mol. The second kappa shape index (κ2) is 5.27. The van der Waals surface area contributed by atoms with Gasteiger partial charge in [-0.2, -0.15) is 0 Å². The SMILES string of the molecule is Nc1c(Cl)cccc1NCC(=O)N1CCCC1. The van der Waals surface area contributed by atoms with Crippen LogP contribution in [0.3, 0.4) is 0 Å². The summed E-state index contributed by atoms with van der Waals surface area (Å²) in [6.07, 6.45) is 2.20. The van der Waals surface area contributed by atoms with Gasteiger partial charge in [0.05, 0.1) is 22.9 Å². The maximum atomic E-state index is 11.8. The third-order valence-corrected chi connectivity index (χ3v) is 3.27. The zero-order valence-corrected chi connectivity index (χ0v) is 10.3. The summed E-state index contributed by atoms with van der Waals surface area (Å²) in [5.41, 5.74) is 7.01. The normalized spacial score (nSPS) is 15.0. The van der Waals surface area contributed by atoms with E-state index in [9.17, 15) is 4.79 Å². The standard InChI is InChI=1S/C12H16ClN3O/c13-9-4-3-5-10(12(9)14)15-8-11(17)16-6-1-2-7-16/h3-5,15H,1-2,6-8,14H2. The Morgan fingerprint density at radius 1 is 1.41 bits per heavy atom. The van der Waals surface area contributed by atoms with Crippen molar-refractivity contribution in [1.82, 2.24) is 4.90 Å². The molecule has 0 atom stereocenters. The summed E-state index contributed by atoms with van der Waals surface area (Å²) in [4.78, 5) is 13.7. The molecule has 92 valence electrons. The lowest BCUT2D eigenvalue weighted by atomic mass is 10.2. The molecule has 0 radical (unpaired) electrons. The average Bonchev–Trinajstić information content (AvgIpc) is 2.84. The molecule has 0 unspecified atom stereocenters. The van der Waals surface area contributed by atoms with E-state index in [0.717, 1.165) is 25.9 Å². The number of carbonyl (C=O) groups is 1. The lowest BCUT2D eigenvalue weighted by molar-refractivity contribution is -0.128. The van der Waals surface area contributed by atoms with Crippen molar-refractivity contribution in [3.63, 3.8) is 0 Å². The first-order chi connectivity index (χ1) is 8.18. The van der Waals surface area contributed by atoms with Crippen LogP contribution >= 0.6 is 11.6 Å². The van der Waals surface area contributed by atoms with E-state index in [1.165, 1.54) is 0 Å². The fourth-order valence-corrected chi connectivity index (χ4v) is 2.11. The van der Waals surface area contributed by atoms with Gasteiger partial charge < -0.3 is 16.0 Å². The Balaban J connectivity index is 1.93. The van der Waals surface area contributed by atoms with E-state index in [0.29, 0.717) is 16.4 Å². The molecule has 17 heavy (non-hydrogen) atoms. The Morgan fingerprint density at radius 2 is 2.12 bits per heavy atom. The van der Waals surface area contributed by atoms with Crippen LogP contribution in [0, 0.1) is 0 Å². The van der Waals surface area contributed by atoms with Gasteiger partial charge in [-0.05, 0) is 25.0 Å². The van der Waals surface area contributed by atoms with Crippen LogP contribution in [0.15, 0.2) is 18.2 Å². The molecule has 1 aliphatic heterocycles. The van der Waals surface area contributed by atoms with Crippen LogP contribution < -0.4 is 11.1 Å². The van der Waals surface area contributed by atoms with Gasteiger partial charge in [0.25, 0.3) is 0 Å². The topological polar surface area (TPSA) is 58.4 Å². The number of amides is 1. The second-order valence-electron chi connectivity index (χ2n) is 4.14. The minimum Gasteiger partial charge on any atom is -0.396 e. The minimum absolute atomic E-state index is 0.113. The molecule has 1 aromatic carbocycles. The van der Waals surface area contributed by atoms with E-state index >= 15 is 0 Å². The first-order valence-corrected chi connectivity index (χ1v) is 6.12. The Kier molecular flexibility index (Phi) is 3.74. The van der Waals surface area contributed by atoms with E-state index in [1.807, 2.05) is 11.0 Å². The summed E-state index contributed by atoms with van der Waals surface area (Å²) in [7, 11) is 0. The summed E-state index contributed by atoms with van der Waals surface area (Å²) < 4.78 is 0. The van der Waals surface area contributed by atoms with Gasteiger partial charge in [-0.25, -0.2) is 0 Å². The van der Waals surface area contributed by atoms with Crippen molar-refractivity contribution in [2.45, 2.75) is 12.8 Å². The number of hydrogen-bond donors (Lipinski definition) is 2. The third kappa shape index (κ3) is 2.82. The Hall–Kier alpha value is -1.42.